The van der Waals surface area contributed by atoms with Gasteiger partial charge in [-0.05, 0) is 44.4 Å². The van der Waals surface area contributed by atoms with Crippen LogP contribution in [0.1, 0.15) is 51.9 Å². The Labute approximate surface area is 113 Å². The van der Waals surface area contributed by atoms with E-state index in [1.165, 1.54) is 0 Å². The van der Waals surface area contributed by atoms with Gasteiger partial charge in [-0.25, -0.2) is 0 Å². The minimum atomic E-state index is -4.10. The van der Waals surface area contributed by atoms with E-state index >= 15 is 0 Å². The van der Waals surface area contributed by atoms with Gasteiger partial charge < -0.3 is 4.74 Å². The molecule has 0 amide bonds. The number of hydrazine groups is 1. The second-order valence-corrected chi connectivity index (χ2v) is 5.68. The Bertz CT molecular complexity index is 263. The number of hydrogen-bond donors (Lipinski definition) is 2. The zero-order valence-electron chi connectivity index (χ0n) is 11.7. The van der Waals surface area contributed by atoms with E-state index < -0.39 is 18.2 Å². The normalized spacial score (nSPS) is 30.3. The largest absolute Gasteiger partial charge is 0.389 e. The Hall–Kier alpha value is -0.330. The van der Waals surface area contributed by atoms with Crippen molar-refractivity contribution < 1.29 is 17.9 Å². The predicted molar refractivity (Wildman–Crippen MR) is 68.4 cm³/mol. The molecular formula is C13H25F3N2O. The van der Waals surface area contributed by atoms with Gasteiger partial charge in [-0.3, -0.25) is 11.3 Å². The van der Waals surface area contributed by atoms with Crippen LogP contribution in [0, 0.1) is 5.92 Å². The predicted octanol–water partition coefficient (Wildman–Crippen LogP) is 3.15. The van der Waals surface area contributed by atoms with Crippen LogP contribution >= 0.6 is 0 Å². The lowest BCUT2D eigenvalue weighted by Gasteiger charge is -2.44. The highest BCUT2D eigenvalue weighted by Gasteiger charge is 2.41. The Kier molecular flexibility index (Phi) is 6.08. The van der Waals surface area contributed by atoms with Crippen molar-refractivity contribution in [2.24, 2.45) is 11.8 Å². The number of hydrogen-bond acceptors (Lipinski definition) is 3. The van der Waals surface area contributed by atoms with Crippen LogP contribution in [0.15, 0.2) is 0 Å². The van der Waals surface area contributed by atoms with Gasteiger partial charge in [-0.1, -0.05) is 6.92 Å². The van der Waals surface area contributed by atoms with Crippen molar-refractivity contribution in [3.63, 3.8) is 0 Å². The van der Waals surface area contributed by atoms with Gasteiger partial charge in [0.15, 0.2) is 0 Å². The monoisotopic (exact) mass is 282 g/mol. The first-order valence-corrected chi connectivity index (χ1v) is 6.91. The van der Waals surface area contributed by atoms with Crippen LogP contribution in [0.4, 0.5) is 13.2 Å². The molecule has 0 aromatic heterocycles. The Balaban J connectivity index is 2.55. The molecule has 0 heterocycles. The van der Waals surface area contributed by atoms with E-state index in [0.29, 0.717) is 12.3 Å². The average Bonchev–Trinajstić information content (AvgIpc) is 2.35. The van der Waals surface area contributed by atoms with Gasteiger partial charge in [0.2, 0.25) is 0 Å². The molecule has 1 aliphatic rings. The molecule has 1 atom stereocenters. The van der Waals surface area contributed by atoms with E-state index in [4.69, 9.17) is 10.6 Å². The lowest BCUT2D eigenvalue weighted by Crippen LogP contribution is -2.56. The molecule has 0 aromatic rings. The molecule has 114 valence electrons. The number of ether oxygens (including phenoxy) is 1. The van der Waals surface area contributed by atoms with Crippen LogP contribution in [0.2, 0.25) is 0 Å². The summed E-state index contributed by atoms with van der Waals surface area (Å²) in [5, 5.41) is 0. The topological polar surface area (TPSA) is 47.3 Å². The van der Waals surface area contributed by atoms with Gasteiger partial charge in [-0.2, -0.15) is 13.2 Å². The molecule has 0 saturated heterocycles. The van der Waals surface area contributed by atoms with E-state index in [-0.39, 0.29) is 12.5 Å². The highest BCUT2D eigenvalue weighted by atomic mass is 19.4. The van der Waals surface area contributed by atoms with Crippen molar-refractivity contribution in [3.8, 4) is 0 Å². The van der Waals surface area contributed by atoms with Gasteiger partial charge in [-0.15, -0.1) is 0 Å². The standard InChI is InChI=1S/C13H25F3N2O/c1-10-5-8-12(19-2,9-6-10)11(18-17)4-3-7-13(14,15)16/h10-11,18H,3-9,17H2,1-2H3. The van der Waals surface area contributed by atoms with Gasteiger partial charge in [0.25, 0.3) is 0 Å². The van der Waals surface area contributed by atoms with Crippen molar-refractivity contribution >= 4 is 0 Å². The number of halogens is 3. The zero-order valence-corrected chi connectivity index (χ0v) is 11.7. The SMILES string of the molecule is COC1(C(CCCC(F)(F)F)NN)CCC(C)CC1. The van der Waals surface area contributed by atoms with Crippen molar-refractivity contribution in [3.05, 3.63) is 0 Å². The molecule has 3 N–H and O–H groups in total. The van der Waals surface area contributed by atoms with Gasteiger partial charge in [0.1, 0.15) is 0 Å². The maximum Gasteiger partial charge on any atom is 0.389 e. The molecule has 0 spiro atoms. The number of nitrogens with one attached hydrogen (secondary N) is 1. The van der Waals surface area contributed by atoms with Gasteiger partial charge in [0, 0.05) is 13.5 Å². The fourth-order valence-electron chi connectivity index (χ4n) is 2.95. The lowest BCUT2D eigenvalue weighted by atomic mass is 9.74. The maximum absolute atomic E-state index is 12.2. The second-order valence-electron chi connectivity index (χ2n) is 5.68. The summed E-state index contributed by atoms with van der Waals surface area (Å²) in [5.41, 5.74) is 2.26. The highest BCUT2D eigenvalue weighted by Crippen LogP contribution is 2.38. The Morgan fingerprint density at radius 2 is 1.95 bits per heavy atom. The van der Waals surface area contributed by atoms with E-state index in [9.17, 15) is 13.2 Å². The first-order valence-electron chi connectivity index (χ1n) is 6.91. The van der Waals surface area contributed by atoms with Crippen LogP contribution in [-0.2, 0) is 4.74 Å². The van der Waals surface area contributed by atoms with Gasteiger partial charge >= 0.3 is 6.18 Å². The summed E-state index contributed by atoms with van der Waals surface area (Å²) in [5.74, 6) is 6.19. The fourth-order valence-corrected chi connectivity index (χ4v) is 2.95. The molecule has 1 saturated carbocycles. The van der Waals surface area contributed by atoms with Crippen molar-refractivity contribution in [1.82, 2.24) is 5.43 Å². The molecule has 1 rings (SSSR count). The molecule has 19 heavy (non-hydrogen) atoms. The first-order chi connectivity index (χ1) is 8.83. The molecule has 1 aliphatic carbocycles. The minimum Gasteiger partial charge on any atom is -0.377 e. The second kappa shape index (κ2) is 6.90. The van der Waals surface area contributed by atoms with Crippen molar-refractivity contribution in [1.29, 1.82) is 0 Å². The summed E-state index contributed by atoms with van der Waals surface area (Å²) in [7, 11) is 1.63. The number of alkyl halides is 3. The summed E-state index contributed by atoms with van der Waals surface area (Å²) >= 11 is 0. The Morgan fingerprint density at radius 3 is 2.37 bits per heavy atom. The summed E-state index contributed by atoms with van der Waals surface area (Å²) in [6.45, 7) is 2.19. The third-order valence-electron chi connectivity index (χ3n) is 4.32. The van der Waals surface area contributed by atoms with E-state index in [2.05, 4.69) is 12.3 Å². The van der Waals surface area contributed by atoms with E-state index in [1.807, 2.05) is 0 Å². The number of methoxy groups -OCH3 is 1. The van der Waals surface area contributed by atoms with Crippen LogP contribution in [-0.4, -0.2) is 24.9 Å². The molecule has 0 aromatic carbocycles. The Morgan fingerprint density at radius 1 is 1.37 bits per heavy atom. The van der Waals surface area contributed by atoms with Crippen LogP contribution < -0.4 is 11.3 Å². The van der Waals surface area contributed by atoms with E-state index in [1.54, 1.807) is 7.11 Å². The molecule has 6 heteroatoms. The summed E-state index contributed by atoms with van der Waals surface area (Å²) in [6.07, 6.45) is -0.618. The molecule has 1 fully saturated rings. The van der Waals surface area contributed by atoms with Crippen molar-refractivity contribution in [2.45, 2.75) is 69.7 Å². The molecule has 0 radical (unpaired) electrons. The quantitative estimate of drug-likeness (QED) is 0.581. The van der Waals surface area contributed by atoms with Crippen LogP contribution in [0.25, 0.3) is 0 Å². The molecule has 3 nitrogen and oxygen atoms in total. The molecule has 0 bridgehead atoms. The van der Waals surface area contributed by atoms with E-state index in [0.717, 1.165) is 25.7 Å². The maximum atomic E-state index is 12.2. The molecule has 0 aliphatic heterocycles. The average molecular weight is 282 g/mol. The van der Waals surface area contributed by atoms with Crippen LogP contribution in [0.5, 0.6) is 0 Å². The summed E-state index contributed by atoms with van der Waals surface area (Å²) in [6, 6.07) is -0.215. The smallest absolute Gasteiger partial charge is 0.377 e. The fraction of sp³-hybridized carbons (Fsp3) is 1.00. The minimum absolute atomic E-state index is 0.0824. The summed E-state index contributed by atoms with van der Waals surface area (Å²) < 4.78 is 42.2. The number of rotatable bonds is 6. The molecular weight excluding hydrogens is 257 g/mol. The van der Waals surface area contributed by atoms with Crippen LogP contribution in [0.3, 0.4) is 0 Å². The third kappa shape index (κ3) is 4.93. The first kappa shape index (κ1) is 16.7. The zero-order chi connectivity index (χ0) is 14.5. The number of nitrogens with two attached hydrogens (primary N) is 1. The lowest BCUT2D eigenvalue weighted by molar-refractivity contribution is -0.137. The van der Waals surface area contributed by atoms with Gasteiger partial charge in [0.05, 0.1) is 11.6 Å². The highest BCUT2D eigenvalue weighted by molar-refractivity contribution is 4.95. The summed E-state index contributed by atoms with van der Waals surface area (Å²) in [4.78, 5) is 0. The third-order valence-corrected chi connectivity index (χ3v) is 4.32. The van der Waals surface area contributed by atoms with Crippen molar-refractivity contribution in [2.75, 3.05) is 7.11 Å². The molecule has 1 unspecified atom stereocenters.